The second kappa shape index (κ2) is 13.5. The van der Waals surface area contributed by atoms with Gasteiger partial charge in [0.25, 0.3) is 0 Å². The van der Waals surface area contributed by atoms with Crippen LogP contribution in [0.3, 0.4) is 0 Å². The number of hydrogen-bond donors (Lipinski definition) is 1. The molecule has 3 atom stereocenters. The summed E-state index contributed by atoms with van der Waals surface area (Å²) >= 11 is 0. The van der Waals surface area contributed by atoms with Gasteiger partial charge >= 0.3 is 0 Å². The van der Waals surface area contributed by atoms with Crippen molar-refractivity contribution in [2.24, 2.45) is 10.9 Å². The van der Waals surface area contributed by atoms with Crippen molar-refractivity contribution in [3.63, 3.8) is 0 Å². The Morgan fingerprint density at radius 1 is 0.959 bits per heavy atom. The average molecular weight is 643 g/mol. The average Bonchev–Trinajstić information content (AvgIpc) is 3.38. The maximum atomic E-state index is 6.07. The quantitative estimate of drug-likeness (QED) is 0.291. The van der Waals surface area contributed by atoms with Crippen molar-refractivity contribution in [3.8, 4) is 12.3 Å². The van der Waals surface area contributed by atoms with Crippen LogP contribution < -0.4 is 10.2 Å². The van der Waals surface area contributed by atoms with Gasteiger partial charge in [0.05, 0.1) is 5.71 Å². The van der Waals surface area contributed by atoms with Gasteiger partial charge in [-0.2, -0.15) is 0 Å². The summed E-state index contributed by atoms with van der Waals surface area (Å²) in [5.41, 5.74) is 14.1. The fraction of sp³-hybridized carbons (Fsp3) is 0.311. The molecule has 3 aliphatic heterocycles. The predicted molar refractivity (Wildman–Crippen MR) is 205 cm³/mol. The highest BCUT2D eigenvalue weighted by atomic mass is 15.4. The number of fused-ring (bicyclic) bond motifs is 3. The molecule has 0 amide bonds. The van der Waals surface area contributed by atoms with E-state index in [1.165, 1.54) is 50.5 Å². The van der Waals surface area contributed by atoms with E-state index in [0.29, 0.717) is 12.3 Å². The van der Waals surface area contributed by atoms with E-state index in [1.807, 2.05) is 0 Å². The molecular formula is C45H46N4. The number of unbranched alkanes of at least 4 members (excludes halogenated alkanes) is 1. The third-order valence-corrected chi connectivity index (χ3v) is 10.8. The van der Waals surface area contributed by atoms with Crippen molar-refractivity contribution in [2.45, 2.75) is 83.8 Å². The molecule has 2 aromatic carbocycles. The van der Waals surface area contributed by atoms with E-state index in [1.54, 1.807) is 0 Å². The molecule has 0 aromatic heterocycles. The first kappa shape index (κ1) is 31.3. The van der Waals surface area contributed by atoms with Gasteiger partial charge in [-0.25, -0.2) is 4.99 Å². The molecule has 0 bridgehead atoms. The molecule has 0 radical (unpaired) electrons. The fourth-order valence-corrected chi connectivity index (χ4v) is 8.46. The summed E-state index contributed by atoms with van der Waals surface area (Å²) in [6.45, 7) is 4.64. The van der Waals surface area contributed by atoms with Crippen LogP contribution in [0.15, 0.2) is 142 Å². The SMILES string of the molecule is C#CCC(CCCC)N1C2=C(C=Cc3ccccc31)N=C1C3=C(C(C)CC=C3)N(C3=C(C4=CC=CCC4)C=C(c4ccccc4)CC3)[C@@H]1N2. The lowest BCUT2D eigenvalue weighted by atomic mass is 9.85. The second-order valence-electron chi connectivity index (χ2n) is 14.0. The molecule has 3 aliphatic carbocycles. The van der Waals surface area contributed by atoms with Gasteiger partial charge in [-0.15, -0.1) is 12.3 Å². The van der Waals surface area contributed by atoms with E-state index in [-0.39, 0.29) is 12.2 Å². The number of para-hydroxylation sites is 1. The molecule has 3 heterocycles. The molecule has 0 saturated carbocycles. The van der Waals surface area contributed by atoms with Crippen LogP contribution in [0.25, 0.3) is 11.6 Å². The minimum atomic E-state index is -0.107. The molecule has 1 N–H and O–H groups in total. The third-order valence-electron chi connectivity index (χ3n) is 10.8. The summed E-state index contributed by atoms with van der Waals surface area (Å²) in [6, 6.07) is 19.8. The maximum Gasteiger partial charge on any atom is 0.149 e. The number of benzene rings is 2. The zero-order valence-electron chi connectivity index (χ0n) is 28.8. The van der Waals surface area contributed by atoms with Crippen molar-refractivity contribution in [3.05, 3.63) is 148 Å². The van der Waals surface area contributed by atoms with Gasteiger partial charge < -0.3 is 15.1 Å². The lowest BCUT2D eigenvalue weighted by molar-refractivity contribution is 0.308. The van der Waals surface area contributed by atoms with Gasteiger partial charge in [-0.1, -0.05) is 112 Å². The Labute approximate surface area is 292 Å². The number of nitrogens with one attached hydrogen (secondary N) is 1. The van der Waals surface area contributed by atoms with Crippen LogP contribution in [0.2, 0.25) is 0 Å². The summed E-state index contributed by atoms with van der Waals surface area (Å²) in [7, 11) is 0. The Kier molecular flexibility index (Phi) is 8.60. The van der Waals surface area contributed by atoms with Gasteiger partial charge in [0.2, 0.25) is 0 Å². The van der Waals surface area contributed by atoms with Gasteiger partial charge in [-0.3, -0.25) is 0 Å². The van der Waals surface area contributed by atoms with E-state index in [4.69, 9.17) is 11.4 Å². The van der Waals surface area contributed by atoms with Crippen LogP contribution in [0.1, 0.15) is 82.8 Å². The summed E-state index contributed by atoms with van der Waals surface area (Å²) in [4.78, 5) is 10.7. The molecule has 0 saturated heterocycles. The molecule has 246 valence electrons. The van der Waals surface area contributed by atoms with Gasteiger partial charge in [-0.05, 0) is 84.6 Å². The van der Waals surface area contributed by atoms with Crippen LogP contribution in [0.5, 0.6) is 0 Å². The molecule has 2 aromatic rings. The molecule has 49 heavy (non-hydrogen) atoms. The largest absolute Gasteiger partial charge is 0.344 e. The first-order chi connectivity index (χ1) is 24.2. The zero-order valence-corrected chi connectivity index (χ0v) is 28.8. The summed E-state index contributed by atoms with van der Waals surface area (Å²) in [5.74, 6) is 4.48. The molecule has 2 unspecified atom stereocenters. The highest BCUT2D eigenvalue weighted by molar-refractivity contribution is 6.11. The molecule has 4 heteroatoms. The monoisotopic (exact) mass is 642 g/mol. The number of nitrogens with zero attached hydrogens (tertiary/aromatic N) is 3. The van der Waals surface area contributed by atoms with Crippen molar-refractivity contribution < 1.29 is 0 Å². The number of hydrogen-bond acceptors (Lipinski definition) is 4. The molecular weight excluding hydrogens is 597 g/mol. The molecule has 8 rings (SSSR count). The van der Waals surface area contributed by atoms with Crippen LogP contribution in [0.4, 0.5) is 5.69 Å². The minimum Gasteiger partial charge on any atom is -0.344 e. The highest BCUT2D eigenvalue weighted by Crippen LogP contribution is 2.47. The van der Waals surface area contributed by atoms with E-state index in [0.717, 1.165) is 68.6 Å². The van der Waals surface area contributed by atoms with E-state index >= 15 is 0 Å². The second-order valence-corrected chi connectivity index (χ2v) is 14.0. The molecule has 0 spiro atoms. The first-order valence-corrected chi connectivity index (χ1v) is 18.3. The zero-order chi connectivity index (χ0) is 33.3. The maximum absolute atomic E-state index is 6.07. The summed E-state index contributed by atoms with van der Waals surface area (Å²) in [5, 5.41) is 4.17. The lowest BCUT2D eigenvalue weighted by Gasteiger charge is -2.43. The normalized spacial score (nSPS) is 23.1. The van der Waals surface area contributed by atoms with Crippen LogP contribution in [-0.2, 0) is 0 Å². The number of aliphatic imine (C=N–C) groups is 1. The van der Waals surface area contributed by atoms with E-state index < -0.39 is 0 Å². The van der Waals surface area contributed by atoms with Crippen molar-refractivity contribution >= 4 is 23.0 Å². The summed E-state index contributed by atoms with van der Waals surface area (Å²) < 4.78 is 0. The van der Waals surface area contributed by atoms with Crippen molar-refractivity contribution in [1.82, 2.24) is 10.2 Å². The highest BCUT2D eigenvalue weighted by Gasteiger charge is 2.46. The Morgan fingerprint density at radius 3 is 2.63 bits per heavy atom. The Hall–Kier alpha value is -5.01. The first-order valence-electron chi connectivity index (χ1n) is 18.3. The standard InChI is InChI=1S/C45H46N4/c1-4-6-23-36(16-5-2)48-40-25-14-13-22-34(40)26-28-39-44(48)47-45-42(46-39)37-24-15-17-31(3)43(37)49(45)41-29-27-35(32-18-9-7-10-19-32)30-38(41)33-20-11-8-12-21-33/h2,7-11,13-15,18-20,22,24-26,28,30-31,36,45,47H,4,6,12,16-17,21,23,27,29H2,1,3H3/t31?,36?,45-/m0/s1. The topological polar surface area (TPSA) is 30.9 Å². The predicted octanol–water partition coefficient (Wildman–Crippen LogP) is 10.2. The number of anilines is 1. The molecule has 4 nitrogen and oxygen atoms in total. The minimum absolute atomic E-state index is 0.107. The number of allylic oxidation sites excluding steroid dienone is 12. The van der Waals surface area contributed by atoms with Gasteiger partial charge in [0, 0.05) is 41.0 Å². The van der Waals surface area contributed by atoms with Crippen LogP contribution in [-0.4, -0.2) is 22.8 Å². The van der Waals surface area contributed by atoms with Crippen molar-refractivity contribution in [2.75, 3.05) is 4.90 Å². The third kappa shape index (κ3) is 5.66. The van der Waals surface area contributed by atoms with Crippen LogP contribution >= 0.6 is 0 Å². The Balaban J connectivity index is 1.30. The molecule has 0 fully saturated rings. The van der Waals surface area contributed by atoms with Crippen molar-refractivity contribution in [1.29, 1.82) is 0 Å². The Bertz CT molecular complexity index is 1970. The Morgan fingerprint density at radius 2 is 1.82 bits per heavy atom. The van der Waals surface area contributed by atoms with Gasteiger partial charge in [0.15, 0.2) is 0 Å². The number of rotatable bonds is 8. The molecule has 6 aliphatic rings. The van der Waals surface area contributed by atoms with E-state index in [9.17, 15) is 0 Å². The van der Waals surface area contributed by atoms with Gasteiger partial charge in [0.1, 0.15) is 17.7 Å². The lowest BCUT2D eigenvalue weighted by Crippen LogP contribution is -2.53. The number of terminal acetylenes is 1. The summed E-state index contributed by atoms with van der Waals surface area (Å²) in [6.07, 6.45) is 33.5. The van der Waals surface area contributed by atoms with E-state index in [2.05, 4.69) is 138 Å². The smallest absolute Gasteiger partial charge is 0.149 e. The fourth-order valence-electron chi connectivity index (χ4n) is 8.46. The van der Waals surface area contributed by atoms with Crippen LogP contribution in [0, 0.1) is 18.3 Å².